The molecule has 102 valence electrons. The number of carbonyl (C=O) groups excluding carboxylic acids is 1. The summed E-state index contributed by atoms with van der Waals surface area (Å²) in [5, 5.41) is 4.33. The number of hydrogen-bond donors (Lipinski definition) is 0. The predicted octanol–water partition coefficient (Wildman–Crippen LogP) is 2.28. The molecule has 1 saturated carbocycles. The lowest BCUT2D eigenvalue weighted by molar-refractivity contribution is 0.0599. The molecule has 4 nitrogen and oxygen atoms in total. The largest absolute Gasteiger partial charge is 0.465 e. The zero-order chi connectivity index (χ0) is 13.8. The molecular formula is C15H20N2O2. The lowest BCUT2D eigenvalue weighted by Gasteiger charge is -2.32. The highest BCUT2D eigenvalue weighted by Crippen LogP contribution is 2.34. The molecule has 0 aliphatic heterocycles. The maximum Gasteiger partial charge on any atom is 0.341 e. The van der Waals surface area contributed by atoms with Crippen molar-refractivity contribution in [1.82, 2.24) is 9.78 Å². The van der Waals surface area contributed by atoms with Crippen LogP contribution in [0, 0.1) is 24.2 Å². The van der Waals surface area contributed by atoms with Gasteiger partial charge in [-0.2, -0.15) is 5.10 Å². The molecule has 1 aromatic rings. The molecule has 1 aliphatic carbocycles. The fourth-order valence-electron chi connectivity index (χ4n) is 2.77. The fourth-order valence-corrected chi connectivity index (χ4v) is 2.77. The summed E-state index contributed by atoms with van der Waals surface area (Å²) in [5.74, 6) is 3.77. The van der Waals surface area contributed by atoms with E-state index in [-0.39, 0.29) is 5.97 Å². The highest BCUT2D eigenvalue weighted by molar-refractivity contribution is 5.90. The van der Waals surface area contributed by atoms with Gasteiger partial charge in [0.15, 0.2) is 0 Å². The van der Waals surface area contributed by atoms with Crippen LogP contribution in [-0.2, 0) is 17.7 Å². The summed E-state index contributed by atoms with van der Waals surface area (Å²) in [6, 6.07) is 0. The third-order valence-corrected chi connectivity index (χ3v) is 3.76. The standard InChI is InChI=1S/C15H20N2O2/c1-4-5-6-14-13(15(18)19-3)9-16-17(14)10-12-7-11(2)8-12/h1,9,11-12H,5-8,10H2,2-3H3. The third kappa shape index (κ3) is 2.98. The topological polar surface area (TPSA) is 44.1 Å². The number of terminal acetylenes is 1. The lowest BCUT2D eigenvalue weighted by atomic mass is 9.76. The fraction of sp³-hybridized carbons (Fsp3) is 0.600. The maximum atomic E-state index is 11.7. The second-order valence-corrected chi connectivity index (χ2v) is 5.33. The summed E-state index contributed by atoms with van der Waals surface area (Å²) in [4.78, 5) is 11.7. The van der Waals surface area contributed by atoms with Gasteiger partial charge in [-0.3, -0.25) is 4.68 Å². The van der Waals surface area contributed by atoms with E-state index in [0.717, 1.165) is 18.2 Å². The number of esters is 1. The number of aromatic nitrogens is 2. The number of nitrogens with zero attached hydrogens (tertiary/aromatic N) is 2. The molecule has 2 rings (SSSR count). The van der Waals surface area contributed by atoms with E-state index in [1.54, 1.807) is 6.20 Å². The number of ether oxygens (including phenoxy) is 1. The van der Waals surface area contributed by atoms with E-state index in [2.05, 4.69) is 17.9 Å². The first-order chi connectivity index (χ1) is 9.15. The van der Waals surface area contributed by atoms with E-state index in [1.165, 1.54) is 20.0 Å². The van der Waals surface area contributed by atoms with Crippen molar-refractivity contribution in [3.8, 4) is 12.3 Å². The molecule has 19 heavy (non-hydrogen) atoms. The molecule has 0 atom stereocenters. The molecule has 0 amide bonds. The molecule has 1 aliphatic rings. The van der Waals surface area contributed by atoms with Crippen LogP contribution in [0.5, 0.6) is 0 Å². The van der Waals surface area contributed by atoms with Crippen LogP contribution in [0.1, 0.15) is 42.2 Å². The summed E-state index contributed by atoms with van der Waals surface area (Å²) < 4.78 is 6.72. The van der Waals surface area contributed by atoms with Gasteiger partial charge in [-0.15, -0.1) is 12.3 Å². The van der Waals surface area contributed by atoms with Crippen LogP contribution in [0.3, 0.4) is 0 Å². The Kier molecular flexibility index (Phi) is 4.26. The Labute approximate surface area is 114 Å². The molecule has 0 bridgehead atoms. The van der Waals surface area contributed by atoms with Gasteiger partial charge in [0.05, 0.1) is 19.0 Å². The highest BCUT2D eigenvalue weighted by Gasteiger charge is 2.27. The first kappa shape index (κ1) is 13.7. The molecule has 1 heterocycles. The maximum absolute atomic E-state index is 11.7. The molecule has 0 radical (unpaired) electrons. The van der Waals surface area contributed by atoms with Crippen molar-refractivity contribution in [3.63, 3.8) is 0 Å². The second-order valence-electron chi connectivity index (χ2n) is 5.33. The van der Waals surface area contributed by atoms with Gasteiger partial charge < -0.3 is 4.74 Å². The highest BCUT2D eigenvalue weighted by atomic mass is 16.5. The van der Waals surface area contributed by atoms with Crippen molar-refractivity contribution < 1.29 is 9.53 Å². The second kappa shape index (κ2) is 5.92. The molecule has 1 fully saturated rings. The van der Waals surface area contributed by atoms with Gasteiger partial charge >= 0.3 is 5.97 Å². The molecular weight excluding hydrogens is 240 g/mol. The van der Waals surface area contributed by atoms with E-state index in [1.807, 2.05) is 4.68 Å². The Balaban J connectivity index is 2.15. The summed E-state index contributed by atoms with van der Waals surface area (Å²) in [5.41, 5.74) is 1.45. The van der Waals surface area contributed by atoms with Crippen molar-refractivity contribution >= 4 is 5.97 Å². The molecule has 0 unspecified atom stereocenters. The van der Waals surface area contributed by atoms with E-state index in [4.69, 9.17) is 11.2 Å². The molecule has 0 aromatic carbocycles. The van der Waals surface area contributed by atoms with E-state index in [9.17, 15) is 4.79 Å². The minimum Gasteiger partial charge on any atom is -0.465 e. The van der Waals surface area contributed by atoms with Crippen LogP contribution < -0.4 is 0 Å². The molecule has 0 spiro atoms. The van der Waals surface area contributed by atoms with Gasteiger partial charge in [-0.1, -0.05) is 6.92 Å². The van der Waals surface area contributed by atoms with Crippen LogP contribution in [-0.4, -0.2) is 22.9 Å². The van der Waals surface area contributed by atoms with Crippen molar-refractivity contribution in [3.05, 3.63) is 17.5 Å². The Morgan fingerprint density at radius 3 is 2.95 bits per heavy atom. The molecule has 4 heteroatoms. The molecule has 0 saturated heterocycles. The Morgan fingerprint density at radius 2 is 2.37 bits per heavy atom. The molecule has 1 aromatic heterocycles. The number of rotatable bonds is 5. The Morgan fingerprint density at radius 1 is 1.63 bits per heavy atom. The first-order valence-electron chi connectivity index (χ1n) is 6.72. The Hall–Kier alpha value is -1.76. The van der Waals surface area contributed by atoms with Crippen LogP contribution in [0.4, 0.5) is 0 Å². The zero-order valence-corrected chi connectivity index (χ0v) is 11.6. The monoisotopic (exact) mass is 260 g/mol. The van der Waals surface area contributed by atoms with Crippen molar-refractivity contribution in [2.24, 2.45) is 11.8 Å². The SMILES string of the molecule is C#CCCc1c(C(=O)OC)cnn1CC1CC(C)C1. The summed E-state index contributed by atoms with van der Waals surface area (Å²) in [7, 11) is 1.39. The van der Waals surface area contributed by atoms with E-state index in [0.29, 0.717) is 24.3 Å². The normalized spacial score (nSPS) is 21.5. The van der Waals surface area contributed by atoms with Crippen molar-refractivity contribution in [2.45, 2.75) is 39.2 Å². The quantitative estimate of drug-likeness (QED) is 0.602. The Bertz CT molecular complexity index is 493. The minimum atomic E-state index is -0.333. The smallest absolute Gasteiger partial charge is 0.341 e. The van der Waals surface area contributed by atoms with Crippen molar-refractivity contribution in [2.75, 3.05) is 7.11 Å². The van der Waals surface area contributed by atoms with Crippen LogP contribution >= 0.6 is 0 Å². The van der Waals surface area contributed by atoms with Crippen LogP contribution in [0.15, 0.2) is 6.20 Å². The molecule has 0 N–H and O–H groups in total. The lowest BCUT2D eigenvalue weighted by Crippen LogP contribution is -2.26. The average Bonchev–Trinajstić information content (AvgIpc) is 2.76. The van der Waals surface area contributed by atoms with Gasteiger partial charge in [0, 0.05) is 19.4 Å². The van der Waals surface area contributed by atoms with Gasteiger partial charge in [0.1, 0.15) is 5.56 Å². The summed E-state index contributed by atoms with van der Waals surface area (Å²) >= 11 is 0. The van der Waals surface area contributed by atoms with E-state index < -0.39 is 0 Å². The van der Waals surface area contributed by atoms with Gasteiger partial charge in [0.2, 0.25) is 0 Å². The summed E-state index contributed by atoms with van der Waals surface area (Å²) in [6.07, 6.45) is 10.7. The number of methoxy groups -OCH3 is 1. The number of hydrogen-bond acceptors (Lipinski definition) is 3. The van der Waals surface area contributed by atoms with E-state index >= 15 is 0 Å². The average molecular weight is 260 g/mol. The summed E-state index contributed by atoms with van der Waals surface area (Å²) in [6.45, 7) is 3.14. The first-order valence-corrected chi connectivity index (χ1v) is 6.72. The third-order valence-electron chi connectivity index (χ3n) is 3.76. The van der Waals surface area contributed by atoms with Gasteiger partial charge in [-0.25, -0.2) is 4.79 Å². The number of carbonyl (C=O) groups is 1. The minimum absolute atomic E-state index is 0.333. The van der Waals surface area contributed by atoms with Gasteiger partial charge in [-0.05, 0) is 24.7 Å². The van der Waals surface area contributed by atoms with Gasteiger partial charge in [0.25, 0.3) is 0 Å². The van der Waals surface area contributed by atoms with Crippen LogP contribution in [0.25, 0.3) is 0 Å². The predicted molar refractivity (Wildman–Crippen MR) is 72.6 cm³/mol. The van der Waals surface area contributed by atoms with Crippen molar-refractivity contribution in [1.29, 1.82) is 0 Å². The zero-order valence-electron chi connectivity index (χ0n) is 11.6. The van der Waals surface area contributed by atoms with Crippen LogP contribution in [0.2, 0.25) is 0 Å².